The fraction of sp³-hybridized carbons (Fsp3) is 0.323. The van der Waals surface area contributed by atoms with Gasteiger partial charge in [-0.15, -0.1) is 0 Å². The predicted molar refractivity (Wildman–Crippen MR) is 157 cm³/mol. The van der Waals surface area contributed by atoms with Crippen molar-refractivity contribution in [2.75, 3.05) is 5.75 Å². The molecule has 0 fully saturated rings. The SMILES string of the molecule is CC[C@H](C)[C@@H](CS(=O)(=O)N[C@@H](CCc1ccccc1)C(=O)c1nc2ccccc2o1)NC(=O)OCc1ccccc1. The summed E-state index contributed by atoms with van der Waals surface area (Å²) in [4.78, 5) is 30.4. The van der Waals surface area contributed by atoms with E-state index in [-0.39, 0.29) is 24.8 Å². The van der Waals surface area contributed by atoms with E-state index in [2.05, 4.69) is 15.0 Å². The molecule has 1 amide bonds. The highest BCUT2D eigenvalue weighted by Gasteiger charge is 2.32. The number of rotatable bonds is 14. The lowest BCUT2D eigenvalue weighted by atomic mass is 10.0. The first-order valence-electron chi connectivity index (χ1n) is 13.6. The number of fused-ring (bicyclic) bond motifs is 1. The van der Waals surface area contributed by atoms with Crippen molar-refractivity contribution in [2.45, 2.75) is 51.8 Å². The van der Waals surface area contributed by atoms with Crippen molar-refractivity contribution in [3.8, 4) is 0 Å². The van der Waals surface area contributed by atoms with Gasteiger partial charge in [-0.25, -0.2) is 22.9 Å². The van der Waals surface area contributed by atoms with Crippen LogP contribution in [-0.4, -0.2) is 43.1 Å². The van der Waals surface area contributed by atoms with Gasteiger partial charge in [0, 0.05) is 6.04 Å². The van der Waals surface area contributed by atoms with Gasteiger partial charge < -0.3 is 14.5 Å². The minimum atomic E-state index is -4.05. The van der Waals surface area contributed by atoms with E-state index in [4.69, 9.17) is 9.15 Å². The van der Waals surface area contributed by atoms with E-state index in [0.717, 1.165) is 11.1 Å². The Balaban J connectivity index is 1.48. The van der Waals surface area contributed by atoms with E-state index in [1.165, 1.54) is 0 Å². The summed E-state index contributed by atoms with van der Waals surface area (Å²) in [5.41, 5.74) is 2.73. The number of hydrogen-bond donors (Lipinski definition) is 2. The normalized spacial score (nSPS) is 13.8. The van der Waals surface area contributed by atoms with Crippen molar-refractivity contribution in [1.82, 2.24) is 15.0 Å². The number of sulfonamides is 1. The molecule has 0 unspecified atom stereocenters. The number of carbonyl (C=O) groups is 2. The number of alkyl carbamates (subject to hydrolysis) is 1. The van der Waals surface area contributed by atoms with E-state index in [0.29, 0.717) is 23.9 Å². The van der Waals surface area contributed by atoms with E-state index in [9.17, 15) is 18.0 Å². The van der Waals surface area contributed by atoms with Gasteiger partial charge in [0.25, 0.3) is 5.89 Å². The fourth-order valence-electron chi connectivity index (χ4n) is 4.38. The van der Waals surface area contributed by atoms with Crippen LogP contribution in [0.1, 0.15) is 48.5 Å². The van der Waals surface area contributed by atoms with Crippen LogP contribution in [0, 0.1) is 5.92 Å². The zero-order valence-corrected chi connectivity index (χ0v) is 24.0. The van der Waals surface area contributed by atoms with Crippen molar-refractivity contribution in [1.29, 1.82) is 0 Å². The second-order valence-corrected chi connectivity index (χ2v) is 11.8. The molecule has 9 nitrogen and oxygen atoms in total. The molecule has 1 heterocycles. The summed E-state index contributed by atoms with van der Waals surface area (Å²) in [6.45, 7) is 3.83. The first kappa shape index (κ1) is 30.0. The molecule has 4 aromatic rings. The van der Waals surface area contributed by atoms with E-state index in [1.54, 1.807) is 24.3 Å². The lowest BCUT2D eigenvalue weighted by Crippen LogP contribution is -2.49. The number of hydrogen-bond acceptors (Lipinski definition) is 7. The third-order valence-corrected chi connectivity index (χ3v) is 8.39. The van der Waals surface area contributed by atoms with Crippen LogP contribution >= 0.6 is 0 Å². The van der Waals surface area contributed by atoms with Crippen molar-refractivity contribution in [3.05, 3.63) is 102 Å². The smallest absolute Gasteiger partial charge is 0.407 e. The van der Waals surface area contributed by atoms with Crippen molar-refractivity contribution < 1.29 is 27.2 Å². The Morgan fingerprint density at radius 2 is 1.56 bits per heavy atom. The summed E-state index contributed by atoms with van der Waals surface area (Å²) in [6, 6.07) is 23.8. The molecule has 41 heavy (non-hydrogen) atoms. The maximum absolute atomic E-state index is 13.5. The summed E-state index contributed by atoms with van der Waals surface area (Å²) in [7, 11) is -4.05. The van der Waals surface area contributed by atoms with Gasteiger partial charge in [-0.2, -0.15) is 0 Å². The molecule has 3 atom stereocenters. The molecule has 0 saturated heterocycles. The monoisotopic (exact) mass is 577 g/mol. The summed E-state index contributed by atoms with van der Waals surface area (Å²) in [5.74, 6) is -1.32. The zero-order chi connectivity index (χ0) is 29.2. The molecule has 1 aromatic heterocycles. The van der Waals surface area contributed by atoms with Gasteiger partial charge in [0.2, 0.25) is 15.8 Å². The molecule has 0 saturated carbocycles. The first-order valence-corrected chi connectivity index (χ1v) is 15.3. The third kappa shape index (κ3) is 8.73. The number of Topliss-reactive ketones (excluding diaryl/α,β-unsaturated/α-hetero) is 1. The Kier molecular flexibility index (Phi) is 10.3. The summed E-state index contributed by atoms with van der Waals surface area (Å²) in [5, 5.41) is 2.71. The van der Waals surface area contributed by atoms with Crippen LogP contribution in [0.4, 0.5) is 4.79 Å². The van der Waals surface area contributed by atoms with Gasteiger partial charge in [-0.3, -0.25) is 4.79 Å². The number of nitrogens with one attached hydrogen (secondary N) is 2. The molecular weight excluding hydrogens is 542 g/mol. The maximum atomic E-state index is 13.5. The number of oxazole rings is 1. The van der Waals surface area contributed by atoms with Gasteiger partial charge in [0.15, 0.2) is 5.58 Å². The highest BCUT2D eigenvalue weighted by Crippen LogP contribution is 2.19. The lowest BCUT2D eigenvalue weighted by molar-refractivity contribution is 0.0916. The molecular formula is C31H35N3O6S. The average Bonchev–Trinajstić information content (AvgIpc) is 3.42. The number of para-hydroxylation sites is 2. The Morgan fingerprint density at radius 3 is 2.22 bits per heavy atom. The standard InChI is InChI=1S/C31H35N3O6S/c1-3-22(2)27(33-31(36)39-20-24-14-8-5-9-15-24)21-41(37,38)34-26(19-18-23-12-6-4-7-13-23)29(35)30-32-25-16-10-11-17-28(25)40-30/h4-17,22,26-27,34H,3,18-21H2,1-2H3,(H,33,36)/t22-,26-,27+/m0/s1. The van der Waals surface area contributed by atoms with Crippen LogP contribution in [0.25, 0.3) is 11.1 Å². The quantitative estimate of drug-likeness (QED) is 0.195. The lowest BCUT2D eigenvalue weighted by Gasteiger charge is -2.25. The minimum absolute atomic E-state index is 0.0610. The summed E-state index contributed by atoms with van der Waals surface area (Å²) < 4.78 is 40.5. The van der Waals surface area contributed by atoms with Crippen LogP contribution < -0.4 is 10.0 Å². The number of amides is 1. The zero-order valence-electron chi connectivity index (χ0n) is 23.2. The van der Waals surface area contributed by atoms with Crippen LogP contribution in [0.2, 0.25) is 0 Å². The highest BCUT2D eigenvalue weighted by atomic mass is 32.2. The Morgan fingerprint density at radius 1 is 0.927 bits per heavy atom. The number of nitrogens with zero attached hydrogens (tertiary/aromatic N) is 1. The number of benzene rings is 3. The molecule has 3 aromatic carbocycles. The Bertz CT molecular complexity index is 1510. The van der Waals surface area contributed by atoms with Crippen LogP contribution in [-0.2, 0) is 27.8 Å². The number of aryl methyl sites for hydroxylation is 1. The highest BCUT2D eigenvalue weighted by molar-refractivity contribution is 7.89. The average molecular weight is 578 g/mol. The molecule has 4 rings (SSSR count). The predicted octanol–water partition coefficient (Wildman–Crippen LogP) is 5.27. The largest absolute Gasteiger partial charge is 0.445 e. The maximum Gasteiger partial charge on any atom is 0.407 e. The topological polar surface area (TPSA) is 128 Å². The van der Waals surface area contributed by atoms with Crippen molar-refractivity contribution in [2.24, 2.45) is 5.92 Å². The second kappa shape index (κ2) is 14.0. The van der Waals surface area contributed by atoms with Crippen LogP contribution in [0.3, 0.4) is 0 Å². The molecule has 216 valence electrons. The first-order chi connectivity index (χ1) is 19.7. The van der Waals surface area contributed by atoms with Crippen molar-refractivity contribution >= 4 is 33.0 Å². The van der Waals surface area contributed by atoms with Gasteiger partial charge >= 0.3 is 6.09 Å². The minimum Gasteiger partial charge on any atom is -0.445 e. The van der Waals surface area contributed by atoms with Gasteiger partial charge in [-0.05, 0) is 42.0 Å². The van der Waals surface area contributed by atoms with Crippen LogP contribution in [0.5, 0.6) is 0 Å². The van der Waals surface area contributed by atoms with Crippen molar-refractivity contribution in [3.63, 3.8) is 0 Å². The third-order valence-electron chi connectivity index (χ3n) is 6.95. The van der Waals surface area contributed by atoms with Gasteiger partial charge in [-0.1, -0.05) is 93.1 Å². The van der Waals surface area contributed by atoms with E-state index < -0.39 is 39.7 Å². The molecule has 0 aliphatic carbocycles. The summed E-state index contributed by atoms with van der Waals surface area (Å²) in [6.07, 6.45) is 0.566. The fourth-order valence-corrected chi connectivity index (χ4v) is 6.02. The second-order valence-electron chi connectivity index (χ2n) is 10.0. The van der Waals surface area contributed by atoms with Gasteiger partial charge in [0.1, 0.15) is 12.1 Å². The van der Waals surface area contributed by atoms with E-state index in [1.807, 2.05) is 74.5 Å². The number of carbonyl (C=O) groups excluding carboxylic acids is 2. The molecule has 2 N–H and O–H groups in total. The molecule has 10 heteroatoms. The Labute approximate surface area is 240 Å². The number of ketones is 1. The molecule has 0 radical (unpaired) electrons. The number of ether oxygens (including phenoxy) is 1. The van der Waals surface area contributed by atoms with Crippen LogP contribution in [0.15, 0.2) is 89.3 Å². The number of aromatic nitrogens is 1. The van der Waals surface area contributed by atoms with E-state index >= 15 is 0 Å². The van der Waals surface area contributed by atoms with Gasteiger partial charge in [0.05, 0.1) is 11.8 Å². The molecule has 0 aliphatic heterocycles. The Hall–Kier alpha value is -4.02. The molecule has 0 spiro atoms. The molecule has 0 aliphatic rings. The summed E-state index contributed by atoms with van der Waals surface area (Å²) >= 11 is 0. The molecule has 0 bridgehead atoms.